The lowest BCUT2D eigenvalue weighted by Crippen LogP contribution is -1.90. The first kappa shape index (κ1) is 11.8. The standard InChI is InChI=1S/C10H14O.C2H4/c1-7-5-8(2)9(3)10(6-7)11-4;1-2/h5-6H,1-4H3;1-2H2. The molecule has 0 amide bonds. The van der Waals surface area contributed by atoms with E-state index in [0.717, 1.165) is 5.75 Å². The number of aryl methyl sites for hydroxylation is 2. The Morgan fingerprint density at radius 1 is 1.08 bits per heavy atom. The molecule has 0 aliphatic carbocycles. The van der Waals surface area contributed by atoms with E-state index in [2.05, 4.69) is 46.1 Å². The maximum absolute atomic E-state index is 5.21. The highest BCUT2D eigenvalue weighted by molar-refractivity contribution is 5.41. The van der Waals surface area contributed by atoms with Crippen LogP contribution < -0.4 is 4.74 Å². The summed E-state index contributed by atoms with van der Waals surface area (Å²) in [5.41, 5.74) is 3.78. The van der Waals surface area contributed by atoms with Crippen molar-refractivity contribution in [2.24, 2.45) is 0 Å². The summed E-state index contributed by atoms with van der Waals surface area (Å²) in [6.45, 7) is 12.3. The second kappa shape index (κ2) is 5.41. The van der Waals surface area contributed by atoms with Crippen molar-refractivity contribution >= 4 is 0 Å². The van der Waals surface area contributed by atoms with Gasteiger partial charge in [0, 0.05) is 0 Å². The second-order valence-corrected chi connectivity index (χ2v) is 2.91. The molecule has 1 nitrogen and oxygen atoms in total. The molecule has 0 radical (unpaired) electrons. The normalized spacial score (nSPS) is 8.62. The molecule has 1 aromatic carbocycles. The maximum Gasteiger partial charge on any atom is 0.122 e. The SMILES string of the molecule is C=C.COc1cc(C)cc(C)c1C. The van der Waals surface area contributed by atoms with Crippen molar-refractivity contribution in [2.75, 3.05) is 7.11 Å². The lowest BCUT2D eigenvalue weighted by atomic mass is 10.1. The predicted molar refractivity (Wildman–Crippen MR) is 58.5 cm³/mol. The van der Waals surface area contributed by atoms with Crippen LogP contribution in [-0.2, 0) is 0 Å². The van der Waals surface area contributed by atoms with E-state index in [1.807, 2.05) is 0 Å². The molecule has 0 aliphatic heterocycles. The van der Waals surface area contributed by atoms with E-state index in [9.17, 15) is 0 Å². The Morgan fingerprint density at radius 2 is 1.62 bits per heavy atom. The number of hydrogen-bond acceptors (Lipinski definition) is 1. The molecule has 0 aromatic heterocycles. The van der Waals surface area contributed by atoms with Gasteiger partial charge in [-0.05, 0) is 43.5 Å². The molecule has 72 valence electrons. The molecular formula is C12H18O. The number of rotatable bonds is 1. The molecule has 0 spiro atoms. The summed E-state index contributed by atoms with van der Waals surface area (Å²) < 4.78 is 5.21. The van der Waals surface area contributed by atoms with Gasteiger partial charge in [-0.1, -0.05) is 6.07 Å². The first-order valence-corrected chi connectivity index (χ1v) is 4.27. The predicted octanol–water partition coefficient (Wildman–Crippen LogP) is 3.42. The topological polar surface area (TPSA) is 9.23 Å². The summed E-state index contributed by atoms with van der Waals surface area (Å²) in [7, 11) is 1.71. The van der Waals surface area contributed by atoms with Crippen molar-refractivity contribution < 1.29 is 4.74 Å². The highest BCUT2D eigenvalue weighted by Gasteiger charge is 2.00. The molecule has 0 fully saturated rings. The Balaban J connectivity index is 0.000000671. The van der Waals surface area contributed by atoms with E-state index in [1.54, 1.807) is 7.11 Å². The van der Waals surface area contributed by atoms with Crippen LogP contribution in [0.3, 0.4) is 0 Å². The molecule has 0 saturated carbocycles. The summed E-state index contributed by atoms with van der Waals surface area (Å²) in [5, 5.41) is 0. The average molecular weight is 178 g/mol. The third kappa shape index (κ3) is 2.94. The van der Waals surface area contributed by atoms with E-state index in [4.69, 9.17) is 4.74 Å². The number of hydrogen-bond donors (Lipinski definition) is 0. The molecule has 13 heavy (non-hydrogen) atoms. The van der Waals surface area contributed by atoms with Gasteiger partial charge in [-0.15, -0.1) is 13.2 Å². The van der Waals surface area contributed by atoms with Crippen LogP contribution >= 0.6 is 0 Å². The van der Waals surface area contributed by atoms with Gasteiger partial charge in [0.25, 0.3) is 0 Å². The minimum atomic E-state index is 0.988. The van der Waals surface area contributed by atoms with Gasteiger partial charge < -0.3 is 4.74 Å². The van der Waals surface area contributed by atoms with E-state index in [1.165, 1.54) is 16.7 Å². The molecule has 0 atom stereocenters. The molecule has 0 bridgehead atoms. The highest BCUT2D eigenvalue weighted by atomic mass is 16.5. The maximum atomic E-state index is 5.21. The number of benzene rings is 1. The van der Waals surface area contributed by atoms with Crippen molar-refractivity contribution in [2.45, 2.75) is 20.8 Å². The van der Waals surface area contributed by atoms with Gasteiger partial charge in [0.15, 0.2) is 0 Å². The fourth-order valence-corrected chi connectivity index (χ4v) is 1.21. The van der Waals surface area contributed by atoms with Crippen LogP contribution in [0.5, 0.6) is 5.75 Å². The Morgan fingerprint density at radius 3 is 2.08 bits per heavy atom. The lowest BCUT2D eigenvalue weighted by Gasteiger charge is -2.08. The Labute approximate surface area is 81.1 Å². The van der Waals surface area contributed by atoms with Gasteiger partial charge in [-0.25, -0.2) is 0 Å². The van der Waals surface area contributed by atoms with Gasteiger partial charge >= 0.3 is 0 Å². The second-order valence-electron chi connectivity index (χ2n) is 2.91. The van der Waals surface area contributed by atoms with Crippen molar-refractivity contribution in [3.05, 3.63) is 42.0 Å². The van der Waals surface area contributed by atoms with E-state index in [-0.39, 0.29) is 0 Å². The van der Waals surface area contributed by atoms with Crippen LogP contribution in [0.15, 0.2) is 25.3 Å². The highest BCUT2D eigenvalue weighted by Crippen LogP contribution is 2.22. The molecule has 0 heterocycles. The lowest BCUT2D eigenvalue weighted by molar-refractivity contribution is 0.411. The summed E-state index contributed by atoms with van der Waals surface area (Å²) in [4.78, 5) is 0. The quantitative estimate of drug-likeness (QED) is 0.599. The third-order valence-corrected chi connectivity index (χ3v) is 1.98. The average Bonchev–Trinajstić information content (AvgIpc) is 2.14. The monoisotopic (exact) mass is 178 g/mol. The Hall–Kier alpha value is -1.24. The summed E-state index contributed by atoms with van der Waals surface area (Å²) in [6, 6.07) is 4.22. The molecule has 0 unspecified atom stereocenters. The minimum absolute atomic E-state index is 0.988. The van der Waals surface area contributed by atoms with E-state index < -0.39 is 0 Å². The Kier molecular flexibility index (Phi) is 4.90. The minimum Gasteiger partial charge on any atom is -0.496 e. The smallest absolute Gasteiger partial charge is 0.122 e. The fourth-order valence-electron chi connectivity index (χ4n) is 1.21. The third-order valence-electron chi connectivity index (χ3n) is 1.98. The summed E-state index contributed by atoms with van der Waals surface area (Å²) in [6.07, 6.45) is 0. The number of methoxy groups -OCH3 is 1. The zero-order valence-electron chi connectivity index (χ0n) is 8.98. The van der Waals surface area contributed by atoms with Gasteiger partial charge in [0.05, 0.1) is 7.11 Å². The van der Waals surface area contributed by atoms with Gasteiger partial charge in [-0.3, -0.25) is 0 Å². The summed E-state index contributed by atoms with van der Waals surface area (Å²) >= 11 is 0. The molecule has 0 N–H and O–H groups in total. The summed E-state index contributed by atoms with van der Waals surface area (Å²) in [5.74, 6) is 0.988. The first-order chi connectivity index (χ1) is 6.15. The van der Waals surface area contributed by atoms with Crippen molar-refractivity contribution in [1.29, 1.82) is 0 Å². The molecule has 1 rings (SSSR count). The van der Waals surface area contributed by atoms with Crippen LogP contribution in [-0.4, -0.2) is 7.11 Å². The number of ether oxygens (including phenoxy) is 1. The largest absolute Gasteiger partial charge is 0.496 e. The zero-order chi connectivity index (χ0) is 10.4. The zero-order valence-corrected chi connectivity index (χ0v) is 8.98. The van der Waals surface area contributed by atoms with Gasteiger partial charge in [0.1, 0.15) is 5.75 Å². The molecule has 1 aromatic rings. The van der Waals surface area contributed by atoms with Crippen LogP contribution in [0.4, 0.5) is 0 Å². The van der Waals surface area contributed by atoms with E-state index in [0.29, 0.717) is 0 Å². The molecule has 0 saturated heterocycles. The van der Waals surface area contributed by atoms with Crippen molar-refractivity contribution in [1.82, 2.24) is 0 Å². The molecule has 1 heteroatoms. The van der Waals surface area contributed by atoms with Crippen LogP contribution in [0.1, 0.15) is 16.7 Å². The Bertz CT molecular complexity index is 277. The van der Waals surface area contributed by atoms with Crippen molar-refractivity contribution in [3.8, 4) is 5.75 Å². The fraction of sp³-hybridized carbons (Fsp3) is 0.333. The van der Waals surface area contributed by atoms with Crippen molar-refractivity contribution in [3.63, 3.8) is 0 Å². The van der Waals surface area contributed by atoms with E-state index >= 15 is 0 Å². The van der Waals surface area contributed by atoms with Gasteiger partial charge in [0.2, 0.25) is 0 Å². The van der Waals surface area contributed by atoms with Gasteiger partial charge in [-0.2, -0.15) is 0 Å². The molecule has 0 aliphatic rings. The first-order valence-electron chi connectivity index (χ1n) is 4.27. The van der Waals surface area contributed by atoms with Crippen LogP contribution in [0.2, 0.25) is 0 Å². The molecular weight excluding hydrogens is 160 g/mol. The van der Waals surface area contributed by atoms with Crippen LogP contribution in [0.25, 0.3) is 0 Å². The van der Waals surface area contributed by atoms with Crippen LogP contribution in [0, 0.1) is 20.8 Å².